The first-order valence-electron chi connectivity index (χ1n) is 7.60. The van der Waals surface area contributed by atoms with Crippen molar-refractivity contribution in [2.24, 2.45) is 22.7 Å². The number of hydrogen-bond acceptors (Lipinski definition) is 2. The Morgan fingerprint density at radius 1 is 1.16 bits per heavy atom. The molecular weight excluding hydrogens is 236 g/mol. The lowest BCUT2D eigenvalue weighted by atomic mass is 9.45. The van der Waals surface area contributed by atoms with Gasteiger partial charge in [0.15, 0.2) is 0 Å². The Balaban J connectivity index is 2.03. The van der Waals surface area contributed by atoms with Crippen LogP contribution < -0.4 is 0 Å². The van der Waals surface area contributed by atoms with Crippen LogP contribution in [-0.2, 0) is 9.53 Å². The third-order valence-electron chi connectivity index (χ3n) is 6.55. The van der Waals surface area contributed by atoms with Gasteiger partial charge in [-0.05, 0) is 37.5 Å². The van der Waals surface area contributed by atoms with Crippen LogP contribution in [0.15, 0.2) is 12.3 Å². The van der Waals surface area contributed by atoms with E-state index in [1.165, 1.54) is 0 Å². The fourth-order valence-corrected chi connectivity index (χ4v) is 5.48. The van der Waals surface area contributed by atoms with Crippen LogP contribution in [0.2, 0.25) is 0 Å². The van der Waals surface area contributed by atoms with Crippen molar-refractivity contribution in [1.29, 1.82) is 0 Å². The first-order valence-corrected chi connectivity index (χ1v) is 7.60. The lowest BCUT2D eigenvalue weighted by Crippen LogP contribution is -2.58. The molecule has 3 rings (SSSR count). The van der Waals surface area contributed by atoms with E-state index in [-0.39, 0.29) is 16.4 Å². The molecule has 0 aromatic rings. The standard InChI is InChI=1S/C17H26O2/c1-11-10-13-16(4)8-7-14(18)15(2,3)12(16)6-9-17(13,5)19-11/h12-13H,1,6-10H2,2-5H3/t12-,13+,16-,17+/m0/s1. The van der Waals surface area contributed by atoms with Crippen molar-refractivity contribution >= 4 is 5.78 Å². The van der Waals surface area contributed by atoms with E-state index in [0.717, 1.165) is 37.9 Å². The number of carbonyl (C=O) groups excluding carboxylic acids is 1. The van der Waals surface area contributed by atoms with Gasteiger partial charge in [-0.15, -0.1) is 0 Å². The van der Waals surface area contributed by atoms with Crippen LogP contribution in [0, 0.1) is 22.7 Å². The van der Waals surface area contributed by atoms with E-state index < -0.39 is 0 Å². The fraction of sp³-hybridized carbons (Fsp3) is 0.824. The van der Waals surface area contributed by atoms with Gasteiger partial charge in [0.2, 0.25) is 0 Å². The Hall–Kier alpha value is -0.790. The fourth-order valence-electron chi connectivity index (χ4n) is 5.48. The molecular formula is C17H26O2. The summed E-state index contributed by atoms with van der Waals surface area (Å²) < 4.78 is 6.08. The topological polar surface area (TPSA) is 26.3 Å². The van der Waals surface area contributed by atoms with Crippen molar-refractivity contribution in [2.75, 3.05) is 0 Å². The van der Waals surface area contributed by atoms with Gasteiger partial charge in [-0.25, -0.2) is 0 Å². The minimum absolute atomic E-state index is 0.0429. The quantitative estimate of drug-likeness (QED) is 0.657. The highest BCUT2D eigenvalue weighted by atomic mass is 16.5. The molecule has 0 N–H and O–H groups in total. The number of fused-ring (bicyclic) bond motifs is 3. The third-order valence-corrected chi connectivity index (χ3v) is 6.55. The first kappa shape index (κ1) is 13.2. The number of allylic oxidation sites excluding steroid dienone is 1. The van der Waals surface area contributed by atoms with Gasteiger partial charge in [-0.1, -0.05) is 27.4 Å². The van der Waals surface area contributed by atoms with Gasteiger partial charge in [0.25, 0.3) is 0 Å². The Morgan fingerprint density at radius 2 is 1.84 bits per heavy atom. The zero-order valence-corrected chi connectivity index (χ0v) is 12.7. The van der Waals surface area contributed by atoms with E-state index in [1.54, 1.807) is 0 Å². The molecule has 3 aliphatic rings. The summed E-state index contributed by atoms with van der Waals surface area (Å²) in [6.45, 7) is 13.0. The van der Waals surface area contributed by atoms with Crippen LogP contribution in [0.3, 0.4) is 0 Å². The number of ketones is 1. The second-order valence-corrected chi connectivity index (χ2v) is 7.95. The van der Waals surface area contributed by atoms with Crippen LogP contribution in [0.1, 0.15) is 59.8 Å². The summed E-state index contributed by atoms with van der Waals surface area (Å²) in [5, 5.41) is 0. The molecule has 0 aromatic carbocycles. The molecule has 1 saturated heterocycles. The molecule has 2 aliphatic carbocycles. The predicted octanol–water partition coefficient (Wildman–Crippen LogP) is 4.10. The van der Waals surface area contributed by atoms with E-state index >= 15 is 0 Å². The normalized spacial score (nSPS) is 48.4. The summed E-state index contributed by atoms with van der Waals surface area (Å²) in [5.41, 5.74) is 0.0148. The van der Waals surface area contributed by atoms with E-state index in [0.29, 0.717) is 17.6 Å². The molecule has 0 radical (unpaired) electrons. The number of Topliss-reactive ketones (excluding diaryl/α,β-unsaturated/α-hetero) is 1. The van der Waals surface area contributed by atoms with E-state index in [9.17, 15) is 4.79 Å². The minimum atomic E-state index is -0.168. The van der Waals surface area contributed by atoms with Crippen LogP contribution >= 0.6 is 0 Å². The second-order valence-electron chi connectivity index (χ2n) is 7.95. The summed E-state index contributed by atoms with van der Waals surface area (Å²) in [6.07, 6.45) is 4.91. The molecule has 1 heterocycles. The SMILES string of the molecule is C=C1C[C@@H]2[C@@]3(C)CCC(=O)C(C)(C)[C@@H]3CC[C@@]2(C)O1. The predicted molar refractivity (Wildman–Crippen MR) is 75.6 cm³/mol. The second kappa shape index (κ2) is 3.65. The number of ether oxygens (including phenoxy) is 1. The van der Waals surface area contributed by atoms with Gasteiger partial charge < -0.3 is 4.74 Å². The number of hydrogen-bond donors (Lipinski definition) is 0. The van der Waals surface area contributed by atoms with E-state index in [1.807, 2.05) is 0 Å². The molecule has 0 amide bonds. The molecule has 0 bridgehead atoms. The van der Waals surface area contributed by atoms with Crippen molar-refractivity contribution in [1.82, 2.24) is 0 Å². The maximum Gasteiger partial charge on any atom is 0.138 e. The summed E-state index contributed by atoms with van der Waals surface area (Å²) >= 11 is 0. The van der Waals surface area contributed by atoms with E-state index in [2.05, 4.69) is 34.3 Å². The van der Waals surface area contributed by atoms with Gasteiger partial charge in [-0.3, -0.25) is 4.79 Å². The molecule has 3 fully saturated rings. The van der Waals surface area contributed by atoms with E-state index in [4.69, 9.17) is 4.74 Å². The largest absolute Gasteiger partial charge is 0.492 e. The molecule has 4 atom stereocenters. The monoisotopic (exact) mass is 262 g/mol. The lowest BCUT2D eigenvalue weighted by molar-refractivity contribution is -0.163. The zero-order chi connectivity index (χ0) is 14.1. The maximum absolute atomic E-state index is 12.3. The highest BCUT2D eigenvalue weighted by Crippen LogP contribution is 2.65. The molecule has 0 unspecified atom stereocenters. The Kier molecular flexibility index (Phi) is 2.54. The average molecular weight is 262 g/mol. The van der Waals surface area contributed by atoms with Crippen molar-refractivity contribution in [2.45, 2.75) is 65.4 Å². The molecule has 106 valence electrons. The van der Waals surface area contributed by atoms with Crippen LogP contribution in [0.25, 0.3) is 0 Å². The molecule has 0 spiro atoms. The first-order chi connectivity index (χ1) is 8.70. The van der Waals surface area contributed by atoms with Crippen molar-refractivity contribution in [3.05, 3.63) is 12.3 Å². The Labute approximate surface area is 116 Å². The van der Waals surface area contributed by atoms with Gasteiger partial charge >= 0.3 is 0 Å². The van der Waals surface area contributed by atoms with Gasteiger partial charge in [-0.2, -0.15) is 0 Å². The van der Waals surface area contributed by atoms with Gasteiger partial charge in [0, 0.05) is 24.2 Å². The van der Waals surface area contributed by atoms with Crippen LogP contribution in [0.5, 0.6) is 0 Å². The Bertz CT molecular complexity index is 446. The van der Waals surface area contributed by atoms with Crippen molar-refractivity contribution < 1.29 is 9.53 Å². The molecule has 1 aliphatic heterocycles. The van der Waals surface area contributed by atoms with Crippen molar-refractivity contribution in [3.63, 3.8) is 0 Å². The summed E-state index contributed by atoms with van der Waals surface area (Å²) in [6, 6.07) is 0. The van der Waals surface area contributed by atoms with Gasteiger partial charge in [0.05, 0.1) is 5.76 Å². The highest BCUT2D eigenvalue weighted by Gasteiger charge is 2.63. The zero-order valence-electron chi connectivity index (χ0n) is 12.7. The summed E-state index contributed by atoms with van der Waals surface area (Å²) in [7, 11) is 0. The highest BCUT2D eigenvalue weighted by molar-refractivity contribution is 5.85. The summed E-state index contributed by atoms with van der Waals surface area (Å²) in [5.74, 6) is 2.42. The molecule has 0 aromatic heterocycles. The smallest absolute Gasteiger partial charge is 0.138 e. The van der Waals surface area contributed by atoms with Crippen LogP contribution in [0.4, 0.5) is 0 Å². The Morgan fingerprint density at radius 3 is 2.53 bits per heavy atom. The average Bonchev–Trinajstić information content (AvgIpc) is 2.61. The molecule has 19 heavy (non-hydrogen) atoms. The summed E-state index contributed by atoms with van der Waals surface area (Å²) in [4.78, 5) is 12.3. The van der Waals surface area contributed by atoms with Crippen LogP contribution in [-0.4, -0.2) is 11.4 Å². The third kappa shape index (κ3) is 1.58. The van der Waals surface area contributed by atoms with Crippen molar-refractivity contribution in [3.8, 4) is 0 Å². The number of rotatable bonds is 0. The lowest BCUT2D eigenvalue weighted by Gasteiger charge is -2.59. The number of carbonyl (C=O) groups is 1. The molecule has 2 heteroatoms. The maximum atomic E-state index is 12.3. The van der Waals surface area contributed by atoms with Gasteiger partial charge in [0.1, 0.15) is 11.4 Å². The molecule has 2 nitrogen and oxygen atoms in total. The minimum Gasteiger partial charge on any atom is -0.492 e. The molecule has 2 saturated carbocycles.